The van der Waals surface area contributed by atoms with Gasteiger partial charge in [-0.2, -0.15) is 5.10 Å². The van der Waals surface area contributed by atoms with Crippen molar-refractivity contribution >= 4 is 17.3 Å². The Morgan fingerprint density at radius 3 is 2.48 bits per heavy atom. The van der Waals surface area contributed by atoms with Crippen LogP contribution >= 0.6 is 11.6 Å². The number of aromatic nitrogens is 2. The second-order valence-corrected chi connectivity index (χ2v) is 8.12. The van der Waals surface area contributed by atoms with Crippen molar-refractivity contribution in [2.75, 3.05) is 37.9 Å². The second-order valence-electron chi connectivity index (χ2n) is 7.74. The molecule has 0 amide bonds. The fourth-order valence-electron chi connectivity index (χ4n) is 3.99. The molecule has 0 radical (unpaired) electrons. The molecule has 1 aromatic heterocycles. The molecule has 2 aliphatic heterocycles. The van der Waals surface area contributed by atoms with E-state index < -0.39 is 0 Å². The fourth-order valence-corrected chi connectivity index (χ4v) is 4.26. The number of ether oxygens (including phenoxy) is 2. The SMILES string of the molecule is O=c1c(Cl)c(N2CCN(Cc3ccc4c(c3)OCO4)CC2)cnn1Cc1ccccc1. The first kappa shape index (κ1) is 19.9. The molecule has 0 saturated carbocycles. The first-order valence-corrected chi connectivity index (χ1v) is 10.7. The van der Waals surface area contributed by atoms with E-state index in [9.17, 15) is 4.79 Å². The molecule has 0 bridgehead atoms. The van der Waals surface area contributed by atoms with E-state index >= 15 is 0 Å². The topological polar surface area (TPSA) is 59.8 Å². The molecule has 3 heterocycles. The normalized spacial score (nSPS) is 16.0. The second kappa shape index (κ2) is 8.61. The molecule has 0 unspecified atom stereocenters. The van der Waals surface area contributed by atoms with E-state index in [1.54, 1.807) is 6.20 Å². The quantitative estimate of drug-likeness (QED) is 0.610. The van der Waals surface area contributed by atoms with E-state index in [0.717, 1.165) is 49.8 Å². The zero-order valence-electron chi connectivity index (χ0n) is 17.0. The molecule has 1 fully saturated rings. The van der Waals surface area contributed by atoms with Crippen LogP contribution in [0.25, 0.3) is 0 Å². The molecule has 5 rings (SSSR count). The third-order valence-electron chi connectivity index (χ3n) is 5.70. The molecule has 2 aromatic carbocycles. The summed E-state index contributed by atoms with van der Waals surface area (Å²) in [7, 11) is 0. The van der Waals surface area contributed by atoms with Crippen LogP contribution in [-0.4, -0.2) is 47.7 Å². The third-order valence-corrected chi connectivity index (χ3v) is 6.05. The summed E-state index contributed by atoms with van der Waals surface area (Å²) in [4.78, 5) is 17.3. The van der Waals surface area contributed by atoms with Crippen LogP contribution in [0.3, 0.4) is 0 Å². The lowest BCUT2D eigenvalue weighted by Gasteiger charge is -2.36. The van der Waals surface area contributed by atoms with Gasteiger partial charge < -0.3 is 14.4 Å². The van der Waals surface area contributed by atoms with Gasteiger partial charge in [-0.05, 0) is 23.3 Å². The van der Waals surface area contributed by atoms with E-state index in [0.29, 0.717) is 12.2 Å². The Kier molecular flexibility index (Phi) is 5.53. The first-order valence-electron chi connectivity index (χ1n) is 10.3. The highest BCUT2D eigenvalue weighted by Crippen LogP contribution is 2.33. The van der Waals surface area contributed by atoms with Crippen LogP contribution in [0, 0.1) is 0 Å². The molecular weight excluding hydrogens is 416 g/mol. The fraction of sp³-hybridized carbons (Fsp3) is 0.304. The Bertz CT molecular complexity index is 1130. The van der Waals surface area contributed by atoms with E-state index in [4.69, 9.17) is 21.1 Å². The highest BCUT2D eigenvalue weighted by Gasteiger charge is 2.22. The molecule has 0 spiro atoms. The molecule has 0 aliphatic carbocycles. The number of hydrogen-bond acceptors (Lipinski definition) is 6. The van der Waals surface area contributed by atoms with Crippen molar-refractivity contribution in [2.24, 2.45) is 0 Å². The summed E-state index contributed by atoms with van der Waals surface area (Å²) in [6.45, 7) is 4.85. The summed E-state index contributed by atoms with van der Waals surface area (Å²) in [6.07, 6.45) is 1.71. The minimum atomic E-state index is -0.259. The van der Waals surface area contributed by atoms with E-state index in [2.05, 4.69) is 21.0 Å². The van der Waals surface area contributed by atoms with E-state index in [1.165, 1.54) is 10.2 Å². The van der Waals surface area contributed by atoms with Gasteiger partial charge >= 0.3 is 0 Å². The predicted octanol–water partition coefficient (Wildman–Crippen LogP) is 3.00. The Balaban J connectivity index is 1.23. The van der Waals surface area contributed by atoms with Crippen molar-refractivity contribution in [3.05, 3.63) is 81.2 Å². The molecule has 7 nitrogen and oxygen atoms in total. The van der Waals surface area contributed by atoms with E-state index in [-0.39, 0.29) is 17.4 Å². The molecule has 160 valence electrons. The zero-order valence-corrected chi connectivity index (χ0v) is 17.8. The standard InChI is InChI=1S/C23H23ClN4O3/c24-22-19(13-25-28(23(22)29)15-17-4-2-1-3-5-17)27-10-8-26(9-11-27)14-18-6-7-20-21(12-18)31-16-30-20/h1-7,12-13H,8-11,14-16H2. The van der Waals surface area contributed by atoms with Crippen LogP contribution in [-0.2, 0) is 13.1 Å². The Morgan fingerprint density at radius 1 is 0.903 bits per heavy atom. The summed E-state index contributed by atoms with van der Waals surface area (Å²) >= 11 is 6.46. The Hall–Kier alpha value is -3.03. The first-order chi connectivity index (χ1) is 15.2. The molecule has 0 atom stereocenters. The molecule has 3 aromatic rings. The monoisotopic (exact) mass is 438 g/mol. The zero-order chi connectivity index (χ0) is 21.2. The van der Waals surface area contributed by atoms with Crippen LogP contribution in [0.2, 0.25) is 5.02 Å². The van der Waals surface area contributed by atoms with Crippen LogP contribution < -0.4 is 19.9 Å². The number of fused-ring (bicyclic) bond motifs is 1. The van der Waals surface area contributed by atoms with Crippen molar-refractivity contribution in [1.82, 2.24) is 14.7 Å². The van der Waals surface area contributed by atoms with E-state index in [1.807, 2.05) is 42.5 Å². The smallest absolute Gasteiger partial charge is 0.287 e. The summed E-state index contributed by atoms with van der Waals surface area (Å²) in [5, 5.41) is 4.60. The molecule has 1 saturated heterocycles. The minimum absolute atomic E-state index is 0.232. The average molecular weight is 439 g/mol. The van der Waals surface area contributed by atoms with Crippen molar-refractivity contribution in [1.29, 1.82) is 0 Å². The maximum atomic E-state index is 12.7. The molecular formula is C23H23ClN4O3. The van der Waals surface area contributed by atoms with Gasteiger partial charge in [0.15, 0.2) is 11.5 Å². The highest BCUT2D eigenvalue weighted by atomic mass is 35.5. The van der Waals surface area contributed by atoms with Gasteiger partial charge in [-0.15, -0.1) is 0 Å². The van der Waals surface area contributed by atoms with Gasteiger partial charge in [0.05, 0.1) is 18.4 Å². The molecule has 8 heteroatoms. The van der Waals surface area contributed by atoms with Crippen LogP contribution in [0.15, 0.2) is 59.5 Å². The molecule has 31 heavy (non-hydrogen) atoms. The molecule has 2 aliphatic rings. The summed E-state index contributed by atoms with van der Waals surface area (Å²) < 4.78 is 12.3. The lowest BCUT2D eigenvalue weighted by molar-refractivity contribution is 0.174. The van der Waals surface area contributed by atoms with Crippen molar-refractivity contribution in [3.8, 4) is 11.5 Å². The number of anilines is 1. The Morgan fingerprint density at radius 2 is 1.68 bits per heavy atom. The van der Waals surface area contributed by atoms with Crippen molar-refractivity contribution < 1.29 is 9.47 Å². The minimum Gasteiger partial charge on any atom is -0.454 e. The van der Waals surface area contributed by atoms with Crippen LogP contribution in [0.4, 0.5) is 5.69 Å². The maximum Gasteiger partial charge on any atom is 0.287 e. The maximum absolute atomic E-state index is 12.7. The summed E-state index contributed by atoms with van der Waals surface area (Å²) in [5.74, 6) is 1.61. The van der Waals surface area contributed by atoms with Crippen LogP contribution in [0.1, 0.15) is 11.1 Å². The number of halogens is 1. The number of benzene rings is 2. The average Bonchev–Trinajstić information content (AvgIpc) is 3.27. The van der Waals surface area contributed by atoms with Crippen LogP contribution in [0.5, 0.6) is 11.5 Å². The highest BCUT2D eigenvalue weighted by molar-refractivity contribution is 6.33. The van der Waals surface area contributed by atoms with Gasteiger partial charge in [0.25, 0.3) is 5.56 Å². The predicted molar refractivity (Wildman–Crippen MR) is 119 cm³/mol. The lowest BCUT2D eigenvalue weighted by Crippen LogP contribution is -2.46. The molecule has 0 N–H and O–H groups in total. The third kappa shape index (κ3) is 4.24. The number of rotatable bonds is 5. The summed E-state index contributed by atoms with van der Waals surface area (Å²) in [6, 6.07) is 15.9. The van der Waals surface area contributed by atoms with Gasteiger partial charge in [0, 0.05) is 32.7 Å². The largest absolute Gasteiger partial charge is 0.454 e. The lowest BCUT2D eigenvalue weighted by atomic mass is 10.1. The Labute approximate surface area is 185 Å². The van der Waals surface area contributed by atoms with Gasteiger partial charge in [0.1, 0.15) is 5.02 Å². The summed E-state index contributed by atoms with van der Waals surface area (Å²) in [5.41, 5.74) is 2.66. The van der Waals surface area contributed by atoms with Gasteiger partial charge in [-0.1, -0.05) is 48.0 Å². The van der Waals surface area contributed by atoms with Gasteiger partial charge in [-0.3, -0.25) is 9.69 Å². The number of nitrogens with zero attached hydrogens (tertiary/aromatic N) is 4. The number of piperazine rings is 1. The number of hydrogen-bond donors (Lipinski definition) is 0. The van der Waals surface area contributed by atoms with Crippen molar-refractivity contribution in [2.45, 2.75) is 13.1 Å². The van der Waals surface area contributed by atoms with Gasteiger partial charge in [-0.25, -0.2) is 4.68 Å². The van der Waals surface area contributed by atoms with Crippen molar-refractivity contribution in [3.63, 3.8) is 0 Å². The van der Waals surface area contributed by atoms with Gasteiger partial charge in [0.2, 0.25) is 6.79 Å².